The van der Waals surface area contributed by atoms with E-state index in [0.717, 1.165) is 5.56 Å². The molecule has 0 N–H and O–H groups in total. The van der Waals surface area contributed by atoms with Crippen LogP contribution >= 0.6 is 11.6 Å². The number of amides is 1. The lowest BCUT2D eigenvalue weighted by atomic mass is 9.98. The van der Waals surface area contributed by atoms with Gasteiger partial charge in [0.15, 0.2) is 5.43 Å². The minimum atomic E-state index is -0.789. The molecule has 0 saturated heterocycles. The van der Waals surface area contributed by atoms with Gasteiger partial charge in [0, 0.05) is 30.2 Å². The van der Waals surface area contributed by atoms with Crippen LogP contribution in [0, 0.1) is 17.0 Å². The van der Waals surface area contributed by atoms with Gasteiger partial charge in [-0.15, -0.1) is 0 Å². The Labute approximate surface area is 182 Å². The van der Waals surface area contributed by atoms with Crippen LogP contribution in [0.25, 0.3) is 11.0 Å². The van der Waals surface area contributed by atoms with Gasteiger partial charge in [-0.1, -0.05) is 23.7 Å². The van der Waals surface area contributed by atoms with E-state index in [9.17, 15) is 19.7 Å². The summed E-state index contributed by atoms with van der Waals surface area (Å²) in [5.41, 5.74) is 1.18. The third kappa shape index (κ3) is 3.58. The van der Waals surface area contributed by atoms with Gasteiger partial charge in [-0.3, -0.25) is 19.7 Å². The van der Waals surface area contributed by atoms with Crippen molar-refractivity contribution in [2.24, 2.45) is 0 Å². The van der Waals surface area contributed by atoms with Crippen LogP contribution in [0.15, 0.2) is 45.6 Å². The van der Waals surface area contributed by atoms with E-state index in [0.29, 0.717) is 23.7 Å². The highest BCUT2D eigenvalue weighted by Crippen LogP contribution is 2.39. The van der Waals surface area contributed by atoms with E-state index in [1.165, 1.54) is 23.1 Å². The molecule has 8 nitrogen and oxygen atoms in total. The first-order valence-corrected chi connectivity index (χ1v) is 10.0. The molecule has 4 rings (SSSR count). The van der Waals surface area contributed by atoms with E-state index in [1.54, 1.807) is 25.1 Å². The minimum Gasteiger partial charge on any atom is -0.450 e. The Morgan fingerprint density at radius 2 is 1.97 bits per heavy atom. The molecule has 9 heteroatoms. The van der Waals surface area contributed by atoms with Crippen LogP contribution in [0.3, 0.4) is 0 Å². The van der Waals surface area contributed by atoms with Gasteiger partial charge in [0.1, 0.15) is 5.58 Å². The highest BCUT2D eigenvalue weighted by atomic mass is 35.5. The van der Waals surface area contributed by atoms with Gasteiger partial charge in [0.25, 0.3) is 11.6 Å². The zero-order valence-electron chi connectivity index (χ0n) is 17.2. The summed E-state index contributed by atoms with van der Waals surface area (Å²) in [6.07, 6.45) is 0. The van der Waals surface area contributed by atoms with Crippen LogP contribution in [0.1, 0.15) is 33.3 Å². The number of carbonyl (C=O) groups excluding carboxylic acids is 1. The molecule has 1 aromatic heterocycles. The standard InChI is InChI=1S/C22H20ClN3O5/c1-12-9-17-15(11-16(12)23)20(27)18-19(13-5-4-6-14(10-13)26(29)30)25(8-7-24(2)3)22(28)21(18)31-17/h4-6,9-11,19H,7-8H2,1-3H3/t19-/m1/s1. The number of rotatable bonds is 5. The Hall–Kier alpha value is -3.23. The third-order valence-electron chi connectivity index (χ3n) is 5.43. The van der Waals surface area contributed by atoms with E-state index < -0.39 is 16.9 Å². The van der Waals surface area contributed by atoms with Crippen LogP contribution in [0.4, 0.5) is 5.69 Å². The molecule has 0 bridgehead atoms. The average molecular weight is 442 g/mol. The van der Waals surface area contributed by atoms with Crippen molar-refractivity contribution in [1.29, 1.82) is 0 Å². The van der Waals surface area contributed by atoms with Crippen molar-refractivity contribution in [3.8, 4) is 0 Å². The van der Waals surface area contributed by atoms with Crippen molar-refractivity contribution in [3.05, 3.63) is 84.2 Å². The number of hydrogen-bond donors (Lipinski definition) is 0. The lowest BCUT2D eigenvalue weighted by Crippen LogP contribution is -2.35. The van der Waals surface area contributed by atoms with Crippen molar-refractivity contribution in [3.63, 3.8) is 0 Å². The molecule has 31 heavy (non-hydrogen) atoms. The SMILES string of the molecule is Cc1cc2oc3c(c(=O)c2cc1Cl)[C@@H](c1cccc([N+](=O)[O-])c1)N(CCN(C)C)C3=O. The number of likely N-dealkylation sites (N-methyl/N-ethyl adjacent to an activating group) is 1. The molecule has 0 spiro atoms. The third-order valence-corrected chi connectivity index (χ3v) is 5.84. The molecule has 0 fully saturated rings. The van der Waals surface area contributed by atoms with Gasteiger partial charge in [-0.2, -0.15) is 0 Å². The molecule has 1 aliphatic rings. The topological polar surface area (TPSA) is 96.9 Å². The largest absolute Gasteiger partial charge is 0.450 e. The van der Waals surface area contributed by atoms with Crippen molar-refractivity contribution >= 4 is 34.2 Å². The second kappa shape index (κ2) is 7.79. The van der Waals surface area contributed by atoms with Crippen molar-refractivity contribution in [1.82, 2.24) is 9.80 Å². The summed E-state index contributed by atoms with van der Waals surface area (Å²) < 4.78 is 5.90. The summed E-state index contributed by atoms with van der Waals surface area (Å²) in [7, 11) is 3.75. The maximum Gasteiger partial charge on any atom is 0.290 e. The normalized spacial score (nSPS) is 15.7. The number of non-ortho nitro benzene ring substituents is 1. The van der Waals surface area contributed by atoms with E-state index in [2.05, 4.69) is 0 Å². The number of aryl methyl sites for hydroxylation is 1. The predicted octanol–water partition coefficient (Wildman–Crippen LogP) is 3.77. The molecular formula is C22H20ClN3O5. The minimum absolute atomic E-state index is 0.0329. The summed E-state index contributed by atoms with van der Waals surface area (Å²) in [4.78, 5) is 41.0. The maximum absolute atomic E-state index is 13.5. The smallest absolute Gasteiger partial charge is 0.290 e. The first-order valence-electron chi connectivity index (χ1n) is 9.66. The summed E-state index contributed by atoms with van der Waals surface area (Å²) in [6.45, 7) is 2.65. The van der Waals surface area contributed by atoms with Crippen LogP contribution in [0.5, 0.6) is 0 Å². The van der Waals surface area contributed by atoms with Crippen LogP contribution < -0.4 is 5.43 Å². The van der Waals surface area contributed by atoms with E-state index >= 15 is 0 Å². The molecule has 0 unspecified atom stereocenters. The Morgan fingerprint density at radius 1 is 1.23 bits per heavy atom. The number of fused-ring (bicyclic) bond motifs is 2. The number of halogens is 1. The predicted molar refractivity (Wildman–Crippen MR) is 117 cm³/mol. The molecule has 3 aromatic rings. The Bertz CT molecular complexity index is 1280. The fourth-order valence-corrected chi connectivity index (χ4v) is 4.00. The second-order valence-electron chi connectivity index (χ2n) is 7.83. The number of nitrogens with zero attached hydrogens (tertiary/aromatic N) is 3. The highest BCUT2D eigenvalue weighted by molar-refractivity contribution is 6.32. The first kappa shape index (κ1) is 21.0. The lowest BCUT2D eigenvalue weighted by molar-refractivity contribution is -0.384. The zero-order valence-corrected chi connectivity index (χ0v) is 18.0. The Morgan fingerprint density at radius 3 is 2.65 bits per heavy atom. The molecule has 0 radical (unpaired) electrons. The molecule has 1 atom stereocenters. The van der Waals surface area contributed by atoms with Gasteiger partial charge in [-0.25, -0.2) is 0 Å². The maximum atomic E-state index is 13.5. The number of benzene rings is 2. The van der Waals surface area contributed by atoms with Gasteiger partial charge < -0.3 is 14.2 Å². The van der Waals surface area contributed by atoms with Crippen LogP contribution in [-0.4, -0.2) is 47.8 Å². The molecule has 0 saturated carbocycles. The van der Waals surface area contributed by atoms with E-state index in [-0.39, 0.29) is 33.4 Å². The fraction of sp³-hybridized carbons (Fsp3) is 0.273. The van der Waals surface area contributed by atoms with Crippen LogP contribution in [0.2, 0.25) is 5.02 Å². The van der Waals surface area contributed by atoms with Crippen molar-refractivity contribution < 1.29 is 14.1 Å². The monoisotopic (exact) mass is 441 g/mol. The van der Waals surface area contributed by atoms with Gasteiger partial charge in [0.2, 0.25) is 5.76 Å². The number of carbonyl (C=O) groups is 1. The van der Waals surface area contributed by atoms with E-state index in [1.807, 2.05) is 19.0 Å². The van der Waals surface area contributed by atoms with Crippen LogP contribution in [-0.2, 0) is 0 Å². The number of hydrogen-bond acceptors (Lipinski definition) is 6. The van der Waals surface area contributed by atoms with Gasteiger partial charge in [-0.05, 0) is 44.3 Å². The molecule has 2 heterocycles. The second-order valence-corrected chi connectivity index (χ2v) is 8.24. The molecule has 2 aromatic carbocycles. The average Bonchev–Trinajstić information content (AvgIpc) is 3.00. The summed E-state index contributed by atoms with van der Waals surface area (Å²) in [6, 6.07) is 8.37. The molecule has 1 aliphatic heterocycles. The van der Waals surface area contributed by atoms with Crippen molar-refractivity contribution in [2.45, 2.75) is 13.0 Å². The summed E-state index contributed by atoms with van der Waals surface area (Å²) in [5.74, 6) is -0.450. The van der Waals surface area contributed by atoms with Gasteiger partial charge >= 0.3 is 0 Å². The number of nitro benzene ring substituents is 1. The molecular weight excluding hydrogens is 422 g/mol. The lowest BCUT2D eigenvalue weighted by Gasteiger charge is -2.26. The molecule has 1 amide bonds. The van der Waals surface area contributed by atoms with E-state index in [4.69, 9.17) is 16.0 Å². The zero-order chi connectivity index (χ0) is 22.4. The quantitative estimate of drug-likeness (QED) is 0.441. The number of nitro groups is 1. The highest BCUT2D eigenvalue weighted by Gasteiger charge is 2.43. The summed E-state index contributed by atoms with van der Waals surface area (Å²) in [5, 5.41) is 12.0. The molecule has 0 aliphatic carbocycles. The molecule has 160 valence electrons. The Kier molecular flexibility index (Phi) is 5.28. The van der Waals surface area contributed by atoms with Crippen molar-refractivity contribution in [2.75, 3.05) is 27.2 Å². The first-order chi connectivity index (χ1) is 14.7. The van der Waals surface area contributed by atoms with Gasteiger partial charge in [0.05, 0.1) is 21.9 Å². The fourth-order valence-electron chi connectivity index (χ4n) is 3.83. The summed E-state index contributed by atoms with van der Waals surface area (Å²) >= 11 is 6.22. The Balaban J connectivity index is 1.97.